The molecule has 120 valence electrons. The van der Waals surface area contributed by atoms with Crippen LogP contribution in [0.5, 0.6) is 0 Å². The van der Waals surface area contributed by atoms with Crippen molar-refractivity contribution in [3.63, 3.8) is 0 Å². The first-order valence-electron chi connectivity index (χ1n) is 7.51. The van der Waals surface area contributed by atoms with Crippen LogP contribution in [0.25, 0.3) is 11.0 Å². The third-order valence-electron chi connectivity index (χ3n) is 4.09. The van der Waals surface area contributed by atoms with E-state index in [1.54, 1.807) is 18.5 Å². The zero-order valence-electron chi connectivity index (χ0n) is 12.8. The summed E-state index contributed by atoms with van der Waals surface area (Å²) in [5, 5.41) is 11.5. The molecule has 0 aliphatic carbocycles. The van der Waals surface area contributed by atoms with E-state index in [1.807, 2.05) is 6.07 Å². The molecule has 1 aliphatic heterocycles. The number of piperidine rings is 1. The molecule has 2 aromatic rings. The molecule has 1 aliphatic rings. The predicted molar refractivity (Wildman–Crippen MR) is 85.9 cm³/mol. The Morgan fingerprint density at radius 1 is 1.30 bits per heavy atom. The van der Waals surface area contributed by atoms with Crippen LogP contribution in [-0.4, -0.2) is 46.6 Å². The lowest BCUT2D eigenvalue weighted by Gasteiger charge is -2.38. The van der Waals surface area contributed by atoms with Crippen molar-refractivity contribution < 1.29 is 14.7 Å². The molecule has 7 nitrogen and oxygen atoms in total. The molecule has 2 heterocycles. The predicted octanol–water partition coefficient (Wildman–Crippen LogP) is 1.92. The van der Waals surface area contributed by atoms with E-state index in [9.17, 15) is 9.59 Å². The summed E-state index contributed by atoms with van der Waals surface area (Å²) in [6.45, 7) is 3.48. The molecule has 0 saturated carbocycles. The van der Waals surface area contributed by atoms with Crippen molar-refractivity contribution in [2.45, 2.75) is 19.4 Å². The van der Waals surface area contributed by atoms with Gasteiger partial charge in [0.2, 0.25) is 0 Å². The Kier molecular flexibility index (Phi) is 4.10. The van der Waals surface area contributed by atoms with Gasteiger partial charge in [-0.25, -0.2) is 4.79 Å². The minimum absolute atomic E-state index is 0.131. The molecule has 1 amide bonds. The highest BCUT2D eigenvalue weighted by molar-refractivity contribution is 5.99. The summed E-state index contributed by atoms with van der Waals surface area (Å²) in [7, 11) is 0. The summed E-state index contributed by atoms with van der Waals surface area (Å²) in [5.74, 6) is 0.345. The van der Waals surface area contributed by atoms with Crippen LogP contribution in [0.4, 0.5) is 10.5 Å². The lowest BCUT2D eigenvalue weighted by atomic mass is 9.95. The van der Waals surface area contributed by atoms with Crippen LogP contribution < -0.4 is 10.2 Å². The molecule has 0 bridgehead atoms. The first-order valence-corrected chi connectivity index (χ1v) is 7.51. The Hall–Kier alpha value is -2.70. The van der Waals surface area contributed by atoms with Gasteiger partial charge in [0, 0.05) is 37.1 Å². The first kappa shape index (κ1) is 15.2. The second-order valence-corrected chi connectivity index (χ2v) is 5.94. The number of fused-ring (bicyclic) bond motifs is 1. The number of benzene rings is 1. The Morgan fingerprint density at radius 2 is 2.04 bits per heavy atom. The molecule has 0 unspecified atom stereocenters. The van der Waals surface area contributed by atoms with E-state index in [-0.39, 0.29) is 6.04 Å². The molecule has 1 saturated heterocycles. The smallest absolute Gasteiger partial charge is 0.404 e. The number of hydrogen-bond acceptors (Lipinski definition) is 5. The van der Waals surface area contributed by atoms with Crippen molar-refractivity contribution in [3.8, 4) is 0 Å². The number of rotatable bonds is 3. The summed E-state index contributed by atoms with van der Waals surface area (Å²) >= 11 is 0. The van der Waals surface area contributed by atoms with Crippen molar-refractivity contribution in [1.29, 1.82) is 0 Å². The van der Waals surface area contributed by atoms with Gasteiger partial charge >= 0.3 is 6.09 Å². The van der Waals surface area contributed by atoms with Gasteiger partial charge < -0.3 is 15.3 Å². The number of carbonyl (C=O) groups is 2. The lowest BCUT2D eigenvalue weighted by Crippen LogP contribution is -2.50. The van der Waals surface area contributed by atoms with Crippen LogP contribution in [-0.2, 0) is 0 Å². The summed E-state index contributed by atoms with van der Waals surface area (Å²) in [5.41, 5.74) is 2.62. The first-order chi connectivity index (χ1) is 11.1. The van der Waals surface area contributed by atoms with Crippen LogP contribution in [0.15, 0.2) is 24.5 Å². The number of aldehydes is 1. The summed E-state index contributed by atoms with van der Waals surface area (Å²) in [6.07, 6.45) is 3.73. The number of anilines is 1. The van der Waals surface area contributed by atoms with E-state index >= 15 is 0 Å². The van der Waals surface area contributed by atoms with Crippen molar-refractivity contribution in [2.24, 2.45) is 5.92 Å². The quantitative estimate of drug-likeness (QED) is 0.840. The molecule has 2 N–H and O–H groups in total. The number of carboxylic acid groups (broad SMARTS) is 1. The topological polar surface area (TPSA) is 95.4 Å². The van der Waals surface area contributed by atoms with Crippen LogP contribution >= 0.6 is 0 Å². The van der Waals surface area contributed by atoms with Gasteiger partial charge in [0.25, 0.3) is 0 Å². The van der Waals surface area contributed by atoms with Crippen LogP contribution in [0.3, 0.4) is 0 Å². The number of hydrogen-bond donors (Lipinski definition) is 2. The number of amides is 1. The minimum Gasteiger partial charge on any atom is -0.465 e. The highest BCUT2D eigenvalue weighted by atomic mass is 16.4. The fraction of sp³-hybridized carbons (Fsp3) is 0.375. The summed E-state index contributed by atoms with van der Waals surface area (Å²) in [6, 6.07) is 3.46. The average molecular weight is 314 g/mol. The molecule has 1 aromatic carbocycles. The molecule has 1 aromatic heterocycles. The number of aromatic nitrogens is 2. The second kappa shape index (κ2) is 6.20. The Morgan fingerprint density at radius 3 is 2.74 bits per heavy atom. The third kappa shape index (κ3) is 3.08. The molecule has 2 atom stereocenters. The maximum atomic E-state index is 11.2. The normalized spacial score (nSPS) is 21.2. The summed E-state index contributed by atoms with van der Waals surface area (Å²) in [4.78, 5) is 32.9. The number of nitrogens with zero attached hydrogens (tertiary/aromatic N) is 3. The molecule has 1 fully saturated rings. The molecule has 7 heteroatoms. The van der Waals surface area contributed by atoms with Gasteiger partial charge in [0.05, 0.1) is 5.69 Å². The van der Waals surface area contributed by atoms with Crippen molar-refractivity contribution in [2.75, 3.05) is 18.0 Å². The average Bonchev–Trinajstić information content (AvgIpc) is 2.52. The van der Waals surface area contributed by atoms with Gasteiger partial charge in [0.15, 0.2) is 6.29 Å². The molecule has 23 heavy (non-hydrogen) atoms. The molecular formula is C16H18N4O3. The monoisotopic (exact) mass is 314 g/mol. The van der Waals surface area contributed by atoms with Crippen molar-refractivity contribution in [3.05, 3.63) is 30.1 Å². The second-order valence-electron chi connectivity index (χ2n) is 5.94. The lowest BCUT2D eigenvalue weighted by molar-refractivity contribution is 0.112. The van der Waals surface area contributed by atoms with E-state index in [0.717, 1.165) is 24.9 Å². The highest BCUT2D eigenvalue weighted by Gasteiger charge is 2.27. The van der Waals surface area contributed by atoms with Gasteiger partial charge in [-0.3, -0.25) is 14.8 Å². The van der Waals surface area contributed by atoms with Gasteiger partial charge in [-0.05, 0) is 24.5 Å². The minimum atomic E-state index is -1.01. The molecule has 0 spiro atoms. The van der Waals surface area contributed by atoms with Crippen LogP contribution in [0, 0.1) is 5.92 Å². The fourth-order valence-electron chi connectivity index (χ4n) is 3.24. The zero-order valence-corrected chi connectivity index (χ0v) is 12.8. The van der Waals surface area contributed by atoms with Gasteiger partial charge in [-0.15, -0.1) is 0 Å². The Labute approximate surface area is 133 Å². The van der Waals surface area contributed by atoms with Crippen LogP contribution in [0.2, 0.25) is 0 Å². The Balaban J connectivity index is 1.99. The standard InChI is InChI=1S/C16H18N4O3/c1-10-6-12(19-16(22)23)8-20(7-10)13-3-2-11(9-21)14-15(13)18-5-4-17-14/h2-5,9-10,12,19H,6-8H2,1H3,(H,22,23)/t10-,12+/m0/s1. The summed E-state index contributed by atoms with van der Waals surface area (Å²) < 4.78 is 0. The van der Waals surface area contributed by atoms with E-state index < -0.39 is 6.09 Å². The van der Waals surface area contributed by atoms with Gasteiger partial charge in [0.1, 0.15) is 11.0 Å². The molecule has 3 rings (SSSR count). The maximum absolute atomic E-state index is 11.2. The number of carbonyl (C=O) groups excluding carboxylic acids is 1. The third-order valence-corrected chi connectivity index (χ3v) is 4.09. The maximum Gasteiger partial charge on any atom is 0.404 e. The van der Waals surface area contributed by atoms with E-state index in [1.165, 1.54) is 0 Å². The van der Waals surface area contributed by atoms with Crippen LogP contribution in [0.1, 0.15) is 23.7 Å². The Bertz CT molecular complexity index is 749. The van der Waals surface area contributed by atoms with Crippen molar-refractivity contribution >= 4 is 29.1 Å². The highest BCUT2D eigenvalue weighted by Crippen LogP contribution is 2.29. The zero-order chi connectivity index (χ0) is 16.4. The molecule has 0 radical (unpaired) electrons. The largest absolute Gasteiger partial charge is 0.465 e. The number of nitrogens with one attached hydrogen (secondary N) is 1. The van der Waals surface area contributed by atoms with E-state index in [2.05, 4.69) is 27.1 Å². The van der Waals surface area contributed by atoms with Gasteiger partial charge in [-0.2, -0.15) is 0 Å². The van der Waals surface area contributed by atoms with Crippen molar-refractivity contribution in [1.82, 2.24) is 15.3 Å². The SMILES string of the molecule is C[C@H]1C[C@@H](NC(=O)O)CN(c2ccc(C=O)c3nccnc23)C1. The van der Waals surface area contributed by atoms with E-state index in [0.29, 0.717) is 29.1 Å². The van der Waals surface area contributed by atoms with E-state index in [4.69, 9.17) is 5.11 Å². The fourth-order valence-corrected chi connectivity index (χ4v) is 3.24. The molecular weight excluding hydrogens is 296 g/mol. The van der Waals surface area contributed by atoms with Gasteiger partial charge in [-0.1, -0.05) is 6.92 Å².